The second-order valence-electron chi connectivity index (χ2n) is 9.09. The van der Waals surface area contributed by atoms with E-state index >= 15 is 0 Å². The lowest BCUT2D eigenvalue weighted by atomic mass is 9.75. The van der Waals surface area contributed by atoms with Crippen molar-refractivity contribution in [3.8, 4) is 17.6 Å². The third kappa shape index (κ3) is 5.48. The number of thioether (sulfide) groups is 1. The van der Waals surface area contributed by atoms with Gasteiger partial charge in [0, 0.05) is 35.0 Å². The highest BCUT2D eigenvalue weighted by Gasteiger charge is 2.42. The van der Waals surface area contributed by atoms with Crippen molar-refractivity contribution in [3.05, 3.63) is 76.5 Å². The number of amides is 1. The number of nitrogens with one attached hydrogen (secondary N) is 1. The third-order valence-electron chi connectivity index (χ3n) is 6.71. The molecule has 1 unspecified atom stereocenters. The molecule has 1 aliphatic heterocycles. The minimum absolute atomic E-state index is 0.0551. The van der Waals surface area contributed by atoms with E-state index in [1.165, 1.54) is 43.4 Å². The van der Waals surface area contributed by atoms with Crippen molar-refractivity contribution in [2.75, 3.05) is 30.2 Å². The molecule has 2 aromatic carbocycles. The van der Waals surface area contributed by atoms with Crippen LogP contribution in [0, 0.1) is 17.1 Å². The van der Waals surface area contributed by atoms with Gasteiger partial charge in [0.15, 0.2) is 21.6 Å². The number of halogens is 1. The highest BCUT2D eigenvalue weighted by molar-refractivity contribution is 8.01. The molecule has 0 saturated carbocycles. The fraction of sp³-hybridized carbons (Fsp3) is 0.250. The number of nitriles is 1. The average Bonchev–Trinajstić information content (AvgIpc) is 3.44. The molecule has 1 amide bonds. The van der Waals surface area contributed by atoms with Gasteiger partial charge in [0.25, 0.3) is 0 Å². The standard InChI is InChI=1S/C28H25FN6O4S2/c1-38-21-11-10-15(12-22(21)39-2)32-23(37)14-40-28-34-33-27(41-28)35-19-8-5-9-20(36)25(19)24(17(13-30)26(35)31)16-6-3-4-7-18(16)29/h3-4,6-7,10-12,24H,5,8-9,14,31H2,1-2H3,(H,32,37). The normalized spacial score (nSPS) is 16.8. The lowest BCUT2D eigenvalue weighted by Crippen LogP contribution is -2.38. The Bertz CT molecular complexity index is 1630. The quantitative estimate of drug-likeness (QED) is 0.352. The van der Waals surface area contributed by atoms with Crippen molar-refractivity contribution < 1.29 is 23.5 Å². The molecule has 3 N–H and O–H groups in total. The number of nitrogens with two attached hydrogens (primary N) is 1. The van der Waals surface area contributed by atoms with Crippen LogP contribution in [-0.2, 0) is 9.59 Å². The Labute approximate surface area is 243 Å². The summed E-state index contributed by atoms with van der Waals surface area (Å²) in [5, 5.41) is 21.7. The maximum Gasteiger partial charge on any atom is 0.234 e. The van der Waals surface area contributed by atoms with Gasteiger partial charge in [0.1, 0.15) is 11.6 Å². The lowest BCUT2D eigenvalue weighted by molar-refractivity contribution is -0.116. The van der Waals surface area contributed by atoms with Crippen LogP contribution in [0.4, 0.5) is 15.2 Å². The number of allylic oxidation sites excluding steroid dienone is 3. The molecule has 210 valence electrons. The summed E-state index contributed by atoms with van der Waals surface area (Å²) in [5.74, 6) is -0.672. The van der Waals surface area contributed by atoms with Gasteiger partial charge in [-0.1, -0.05) is 41.3 Å². The molecule has 0 fully saturated rings. The van der Waals surface area contributed by atoms with Gasteiger partial charge in [0.2, 0.25) is 11.0 Å². The summed E-state index contributed by atoms with van der Waals surface area (Å²) < 4.78 is 25.9. The van der Waals surface area contributed by atoms with Gasteiger partial charge in [0.05, 0.1) is 37.5 Å². The first-order valence-corrected chi connectivity index (χ1v) is 14.3. The molecule has 0 radical (unpaired) electrons. The number of carbonyl (C=O) groups is 2. The number of anilines is 2. The maximum absolute atomic E-state index is 14.9. The topological polar surface area (TPSA) is 143 Å². The Morgan fingerprint density at radius 1 is 1.22 bits per heavy atom. The van der Waals surface area contributed by atoms with Crippen LogP contribution in [0.3, 0.4) is 0 Å². The van der Waals surface area contributed by atoms with E-state index in [-0.39, 0.29) is 34.4 Å². The van der Waals surface area contributed by atoms with Gasteiger partial charge < -0.3 is 20.5 Å². The molecular formula is C28H25FN6O4S2. The molecule has 1 aromatic heterocycles. The van der Waals surface area contributed by atoms with Crippen LogP contribution < -0.4 is 25.4 Å². The highest BCUT2D eigenvalue weighted by Crippen LogP contribution is 2.47. The second-order valence-corrected chi connectivity index (χ2v) is 11.3. The van der Waals surface area contributed by atoms with E-state index in [2.05, 4.69) is 21.6 Å². The van der Waals surface area contributed by atoms with Crippen molar-refractivity contribution in [2.24, 2.45) is 5.73 Å². The number of ether oxygens (including phenoxy) is 2. The second kappa shape index (κ2) is 12.0. The number of rotatable bonds is 8. The molecule has 10 nitrogen and oxygen atoms in total. The number of aromatic nitrogens is 2. The summed E-state index contributed by atoms with van der Waals surface area (Å²) in [6, 6.07) is 13.3. The predicted octanol–water partition coefficient (Wildman–Crippen LogP) is 4.73. The Hall–Kier alpha value is -4.41. The molecule has 1 atom stereocenters. The Morgan fingerprint density at radius 2 is 2.00 bits per heavy atom. The maximum atomic E-state index is 14.9. The number of hydrogen-bond acceptors (Lipinski definition) is 11. The van der Waals surface area contributed by atoms with E-state index in [0.717, 1.165) is 0 Å². The minimum atomic E-state index is -0.901. The van der Waals surface area contributed by atoms with E-state index in [1.807, 2.05) is 0 Å². The largest absolute Gasteiger partial charge is 0.493 e. The summed E-state index contributed by atoms with van der Waals surface area (Å²) in [4.78, 5) is 27.4. The molecule has 1 aliphatic carbocycles. The fourth-order valence-corrected chi connectivity index (χ4v) is 6.60. The van der Waals surface area contributed by atoms with Crippen molar-refractivity contribution >= 4 is 45.6 Å². The number of benzene rings is 2. The molecule has 0 saturated heterocycles. The predicted molar refractivity (Wildman–Crippen MR) is 153 cm³/mol. The van der Waals surface area contributed by atoms with Crippen LogP contribution in [0.1, 0.15) is 30.7 Å². The lowest BCUT2D eigenvalue weighted by Gasteiger charge is -2.38. The van der Waals surface area contributed by atoms with Gasteiger partial charge in [-0.15, -0.1) is 10.2 Å². The fourth-order valence-electron chi connectivity index (χ4n) is 4.91. The Balaban J connectivity index is 1.38. The van der Waals surface area contributed by atoms with Crippen molar-refractivity contribution in [3.63, 3.8) is 0 Å². The highest BCUT2D eigenvalue weighted by atomic mass is 32.2. The number of hydrogen-bond donors (Lipinski definition) is 2. The molecule has 2 heterocycles. The van der Waals surface area contributed by atoms with Crippen LogP contribution >= 0.6 is 23.1 Å². The number of methoxy groups -OCH3 is 2. The van der Waals surface area contributed by atoms with E-state index < -0.39 is 11.7 Å². The Kier molecular flexibility index (Phi) is 8.23. The van der Waals surface area contributed by atoms with E-state index in [4.69, 9.17) is 15.2 Å². The zero-order valence-electron chi connectivity index (χ0n) is 22.1. The molecule has 3 aromatic rings. The number of carbonyl (C=O) groups excluding carboxylic acids is 2. The zero-order chi connectivity index (χ0) is 29.1. The summed E-state index contributed by atoms with van der Waals surface area (Å²) in [7, 11) is 3.04. The molecule has 13 heteroatoms. The summed E-state index contributed by atoms with van der Waals surface area (Å²) in [5.41, 5.74) is 8.31. The monoisotopic (exact) mass is 592 g/mol. The first-order chi connectivity index (χ1) is 19.9. The van der Waals surface area contributed by atoms with Crippen molar-refractivity contribution in [2.45, 2.75) is 29.5 Å². The third-order valence-corrected chi connectivity index (χ3v) is 8.75. The van der Waals surface area contributed by atoms with Crippen LogP contribution in [-0.4, -0.2) is 41.9 Å². The summed E-state index contributed by atoms with van der Waals surface area (Å²) in [6.07, 6.45) is 1.38. The van der Waals surface area contributed by atoms with Crippen LogP contribution in [0.15, 0.2) is 69.5 Å². The van der Waals surface area contributed by atoms with Gasteiger partial charge >= 0.3 is 0 Å². The van der Waals surface area contributed by atoms with Crippen LogP contribution in [0.5, 0.6) is 11.5 Å². The molecule has 0 spiro atoms. The van der Waals surface area contributed by atoms with E-state index in [9.17, 15) is 19.2 Å². The SMILES string of the molecule is COc1ccc(NC(=O)CSc2nnc(N3C(N)=C(C#N)C(c4ccccc4F)C4=C3CCCC4=O)s2)cc1OC. The number of ketones is 1. The molecule has 41 heavy (non-hydrogen) atoms. The molecular weight excluding hydrogens is 567 g/mol. The number of nitrogens with zero attached hydrogens (tertiary/aromatic N) is 4. The summed E-state index contributed by atoms with van der Waals surface area (Å²) >= 11 is 2.36. The molecule has 5 rings (SSSR count). The van der Waals surface area contributed by atoms with Gasteiger partial charge in [-0.25, -0.2) is 4.39 Å². The van der Waals surface area contributed by atoms with Gasteiger partial charge in [-0.05, 0) is 31.0 Å². The van der Waals surface area contributed by atoms with E-state index in [1.54, 1.807) is 41.3 Å². The minimum Gasteiger partial charge on any atom is -0.493 e. The van der Waals surface area contributed by atoms with Crippen LogP contribution in [0.25, 0.3) is 0 Å². The van der Waals surface area contributed by atoms with Gasteiger partial charge in [-0.3, -0.25) is 14.5 Å². The number of Topliss-reactive ketones (excluding diaryl/α,β-unsaturated/α-hetero) is 1. The first kappa shape index (κ1) is 28.1. The average molecular weight is 593 g/mol. The smallest absolute Gasteiger partial charge is 0.234 e. The molecule has 2 aliphatic rings. The van der Waals surface area contributed by atoms with Crippen LogP contribution in [0.2, 0.25) is 0 Å². The van der Waals surface area contributed by atoms with Crippen molar-refractivity contribution in [1.29, 1.82) is 5.26 Å². The molecule has 0 bridgehead atoms. The zero-order valence-corrected chi connectivity index (χ0v) is 23.8. The van der Waals surface area contributed by atoms with E-state index in [0.29, 0.717) is 57.2 Å². The Morgan fingerprint density at radius 3 is 2.73 bits per heavy atom. The van der Waals surface area contributed by atoms with Crippen molar-refractivity contribution in [1.82, 2.24) is 10.2 Å². The first-order valence-electron chi connectivity index (χ1n) is 12.5. The summed E-state index contributed by atoms with van der Waals surface area (Å²) in [6.45, 7) is 0. The van der Waals surface area contributed by atoms with Gasteiger partial charge in [-0.2, -0.15) is 5.26 Å².